The van der Waals surface area contributed by atoms with E-state index < -0.39 is 17.7 Å². The summed E-state index contributed by atoms with van der Waals surface area (Å²) in [6, 6.07) is 4.94. The third-order valence-electron chi connectivity index (χ3n) is 2.27. The zero-order valence-electron chi connectivity index (χ0n) is 8.25. The zero-order valence-corrected chi connectivity index (χ0v) is 9.83. The van der Waals surface area contributed by atoms with Gasteiger partial charge in [0.2, 0.25) is 0 Å². The average Bonchev–Trinajstić information content (AvgIpc) is 2.23. The van der Waals surface area contributed by atoms with Crippen molar-refractivity contribution in [3.63, 3.8) is 0 Å². The SMILES string of the molecule is Cn1c(=O)c(C(F)F)nc2ccc(Br)cc21. The molecule has 2 rings (SSSR count). The van der Waals surface area contributed by atoms with Gasteiger partial charge in [-0.2, -0.15) is 0 Å². The number of aromatic nitrogens is 2. The van der Waals surface area contributed by atoms with Gasteiger partial charge in [0.15, 0.2) is 5.69 Å². The van der Waals surface area contributed by atoms with Crippen molar-refractivity contribution < 1.29 is 8.78 Å². The lowest BCUT2D eigenvalue weighted by Gasteiger charge is -2.07. The Labute approximate surface area is 97.9 Å². The van der Waals surface area contributed by atoms with Crippen molar-refractivity contribution in [2.24, 2.45) is 7.05 Å². The summed E-state index contributed by atoms with van der Waals surface area (Å²) in [6.07, 6.45) is -2.85. The van der Waals surface area contributed by atoms with Gasteiger partial charge in [0.25, 0.3) is 12.0 Å². The molecule has 84 valence electrons. The third-order valence-corrected chi connectivity index (χ3v) is 2.76. The molecule has 0 saturated carbocycles. The Bertz CT molecular complexity index is 610. The second-order valence-corrected chi connectivity index (χ2v) is 4.21. The minimum Gasteiger partial charge on any atom is -0.308 e. The Hall–Kier alpha value is -1.30. The summed E-state index contributed by atoms with van der Waals surface area (Å²) in [5.41, 5.74) is -0.581. The summed E-state index contributed by atoms with van der Waals surface area (Å²) < 4.78 is 27.0. The van der Waals surface area contributed by atoms with E-state index in [4.69, 9.17) is 0 Å². The van der Waals surface area contributed by atoms with Crippen molar-refractivity contribution in [1.29, 1.82) is 0 Å². The molecule has 3 nitrogen and oxygen atoms in total. The lowest BCUT2D eigenvalue weighted by molar-refractivity contribution is 0.144. The van der Waals surface area contributed by atoms with Gasteiger partial charge in [-0.3, -0.25) is 4.79 Å². The van der Waals surface area contributed by atoms with E-state index in [0.717, 1.165) is 4.47 Å². The highest BCUT2D eigenvalue weighted by Crippen LogP contribution is 2.19. The number of alkyl halides is 2. The number of nitrogens with zero attached hydrogens (tertiary/aromatic N) is 2. The molecule has 2 aromatic rings. The first-order valence-corrected chi connectivity index (χ1v) is 5.24. The molecule has 6 heteroatoms. The molecule has 0 aliphatic rings. The quantitative estimate of drug-likeness (QED) is 0.809. The van der Waals surface area contributed by atoms with Gasteiger partial charge in [0.05, 0.1) is 11.0 Å². The minimum absolute atomic E-state index is 0.376. The Morgan fingerprint density at radius 1 is 1.44 bits per heavy atom. The number of hydrogen-bond acceptors (Lipinski definition) is 2. The molecule has 0 radical (unpaired) electrons. The van der Waals surface area contributed by atoms with E-state index >= 15 is 0 Å². The fourth-order valence-corrected chi connectivity index (χ4v) is 1.81. The normalized spacial score (nSPS) is 11.3. The monoisotopic (exact) mass is 288 g/mol. The van der Waals surface area contributed by atoms with E-state index in [1.54, 1.807) is 18.2 Å². The molecule has 0 N–H and O–H groups in total. The summed E-state index contributed by atoms with van der Waals surface area (Å²) in [6.45, 7) is 0. The molecule has 16 heavy (non-hydrogen) atoms. The van der Waals surface area contributed by atoms with Gasteiger partial charge in [-0.15, -0.1) is 0 Å². The van der Waals surface area contributed by atoms with Crippen LogP contribution in [0.4, 0.5) is 8.78 Å². The van der Waals surface area contributed by atoms with Crippen LogP contribution in [0.5, 0.6) is 0 Å². The predicted octanol–water partition coefficient (Wildman–Crippen LogP) is 2.63. The van der Waals surface area contributed by atoms with Gasteiger partial charge < -0.3 is 4.57 Å². The van der Waals surface area contributed by atoms with E-state index in [1.165, 1.54) is 11.6 Å². The molecule has 0 fully saturated rings. The summed E-state index contributed by atoms with van der Waals surface area (Å²) in [7, 11) is 1.45. The molecule has 0 saturated heterocycles. The highest BCUT2D eigenvalue weighted by Gasteiger charge is 2.17. The van der Waals surface area contributed by atoms with Gasteiger partial charge in [-0.1, -0.05) is 15.9 Å². The number of rotatable bonds is 1. The molecule has 1 aromatic heterocycles. The summed E-state index contributed by atoms with van der Waals surface area (Å²) in [4.78, 5) is 15.2. The van der Waals surface area contributed by atoms with Crippen molar-refractivity contribution in [3.8, 4) is 0 Å². The van der Waals surface area contributed by atoms with Crippen LogP contribution in [0.25, 0.3) is 11.0 Å². The van der Waals surface area contributed by atoms with Crippen molar-refractivity contribution in [2.75, 3.05) is 0 Å². The fourth-order valence-electron chi connectivity index (χ4n) is 1.46. The molecule has 0 aliphatic carbocycles. The molecule has 0 atom stereocenters. The molecule has 0 amide bonds. The van der Waals surface area contributed by atoms with Gasteiger partial charge in [-0.25, -0.2) is 13.8 Å². The maximum atomic E-state index is 12.5. The molecule has 0 spiro atoms. The van der Waals surface area contributed by atoms with Gasteiger partial charge in [0.1, 0.15) is 0 Å². The standard InChI is InChI=1S/C10H7BrF2N2O/c1-15-7-4-5(11)2-3-6(7)14-8(9(12)13)10(15)16/h2-4,9H,1H3. The van der Waals surface area contributed by atoms with Crippen LogP contribution in [-0.2, 0) is 7.05 Å². The van der Waals surface area contributed by atoms with Crippen molar-refractivity contribution >= 4 is 27.0 Å². The first-order chi connectivity index (χ1) is 7.50. The van der Waals surface area contributed by atoms with Crippen molar-refractivity contribution in [2.45, 2.75) is 6.43 Å². The van der Waals surface area contributed by atoms with E-state index in [9.17, 15) is 13.6 Å². The van der Waals surface area contributed by atoms with Gasteiger partial charge >= 0.3 is 0 Å². The van der Waals surface area contributed by atoms with Crippen LogP contribution >= 0.6 is 15.9 Å². The molecular formula is C10H7BrF2N2O. The second-order valence-electron chi connectivity index (χ2n) is 3.29. The van der Waals surface area contributed by atoms with Gasteiger partial charge in [-0.05, 0) is 18.2 Å². The van der Waals surface area contributed by atoms with E-state index in [-0.39, 0.29) is 0 Å². The molecule has 1 heterocycles. The lowest BCUT2D eigenvalue weighted by Crippen LogP contribution is -2.23. The third kappa shape index (κ3) is 1.73. The Morgan fingerprint density at radius 3 is 2.75 bits per heavy atom. The lowest BCUT2D eigenvalue weighted by atomic mass is 10.3. The highest BCUT2D eigenvalue weighted by atomic mass is 79.9. The van der Waals surface area contributed by atoms with Crippen LogP contribution < -0.4 is 5.56 Å². The predicted molar refractivity (Wildman–Crippen MR) is 59.6 cm³/mol. The summed E-state index contributed by atoms with van der Waals surface area (Å²) in [5.74, 6) is 0. The van der Waals surface area contributed by atoms with Crippen LogP contribution in [0.1, 0.15) is 12.1 Å². The van der Waals surface area contributed by atoms with Crippen LogP contribution in [0.3, 0.4) is 0 Å². The Kier molecular flexibility index (Phi) is 2.75. The van der Waals surface area contributed by atoms with Crippen molar-refractivity contribution in [1.82, 2.24) is 9.55 Å². The molecule has 0 aliphatic heterocycles. The maximum absolute atomic E-state index is 12.5. The maximum Gasteiger partial charge on any atom is 0.285 e. The van der Waals surface area contributed by atoms with E-state index in [0.29, 0.717) is 11.0 Å². The number of halogens is 3. The largest absolute Gasteiger partial charge is 0.308 e. The zero-order chi connectivity index (χ0) is 11.9. The van der Waals surface area contributed by atoms with Gasteiger partial charge in [0, 0.05) is 11.5 Å². The topological polar surface area (TPSA) is 34.9 Å². The second kappa shape index (κ2) is 3.93. The van der Waals surface area contributed by atoms with Crippen LogP contribution in [0, 0.1) is 0 Å². The smallest absolute Gasteiger partial charge is 0.285 e. The van der Waals surface area contributed by atoms with Crippen molar-refractivity contribution in [3.05, 3.63) is 38.7 Å². The Morgan fingerprint density at radius 2 is 2.12 bits per heavy atom. The highest BCUT2D eigenvalue weighted by molar-refractivity contribution is 9.10. The minimum atomic E-state index is -2.85. The fraction of sp³-hybridized carbons (Fsp3) is 0.200. The molecule has 1 aromatic carbocycles. The number of benzene rings is 1. The van der Waals surface area contributed by atoms with E-state index in [2.05, 4.69) is 20.9 Å². The Balaban J connectivity index is 2.88. The molecule has 0 unspecified atom stereocenters. The molecule has 0 bridgehead atoms. The number of aryl methyl sites for hydroxylation is 1. The first-order valence-electron chi connectivity index (χ1n) is 4.45. The van der Waals surface area contributed by atoms with Crippen LogP contribution in [0.15, 0.2) is 27.5 Å². The van der Waals surface area contributed by atoms with Crippen LogP contribution in [0.2, 0.25) is 0 Å². The number of fused-ring (bicyclic) bond motifs is 1. The number of hydrogen-bond donors (Lipinski definition) is 0. The average molecular weight is 289 g/mol. The first kappa shape index (κ1) is 11.2. The van der Waals surface area contributed by atoms with Crippen LogP contribution in [-0.4, -0.2) is 9.55 Å². The summed E-state index contributed by atoms with van der Waals surface area (Å²) >= 11 is 3.25. The molecular weight excluding hydrogens is 282 g/mol. The van der Waals surface area contributed by atoms with E-state index in [1.807, 2.05) is 0 Å². The summed E-state index contributed by atoms with van der Waals surface area (Å²) in [5, 5.41) is 0.